The second-order valence-electron chi connectivity index (χ2n) is 3.04. The topological polar surface area (TPSA) is 50.4 Å². The SMILES string of the molecule is CCNC(=S)N[C@@H]1C[C@@H](C)OC1=O. The summed E-state index contributed by atoms with van der Waals surface area (Å²) in [5.41, 5.74) is 0. The predicted octanol–water partition coefficient (Wildman–Crippen LogP) is 0.174. The maximum atomic E-state index is 11.2. The number of ether oxygens (including phenoxy) is 1. The van der Waals surface area contributed by atoms with Gasteiger partial charge in [-0.3, -0.25) is 0 Å². The number of carbonyl (C=O) groups is 1. The zero-order chi connectivity index (χ0) is 9.84. The Kier molecular flexibility index (Phi) is 3.48. The van der Waals surface area contributed by atoms with Gasteiger partial charge in [-0.1, -0.05) is 0 Å². The van der Waals surface area contributed by atoms with Crippen LogP contribution in [0.1, 0.15) is 20.3 Å². The molecule has 5 heteroatoms. The Morgan fingerprint density at radius 1 is 1.77 bits per heavy atom. The van der Waals surface area contributed by atoms with E-state index >= 15 is 0 Å². The Balaban J connectivity index is 2.37. The van der Waals surface area contributed by atoms with Gasteiger partial charge in [-0.25, -0.2) is 4.79 Å². The van der Waals surface area contributed by atoms with E-state index in [1.807, 2.05) is 13.8 Å². The van der Waals surface area contributed by atoms with Gasteiger partial charge in [0.05, 0.1) is 0 Å². The van der Waals surface area contributed by atoms with Crippen molar-refractivity contribution in [2.45, 2.75) is 32.4 Å². The van der Waals surface area contributed by atoms with Crippen LogP contribution < -0.4 is 10.6 Å². The van der Waals surface area contributed by atoms with E-state index in [9.17, 15) is 4.79 Å². The van der Waals surface area contributed by atoms with Crippen molar-refractivity contribution in [2.24, 2.45) is 0 Å². The summed E-state index contributed by atoms with van der Waals surface area (Å²) >= 11 is 4.95. The van der Waals surface area contributed by atoms with Crippen molar-refractivity contribution >= 4 is 23.3 Å². The summed E-state index contributed by atoms with van der Waals surface area (Å²) in [5, 5.41) is 6.34. The molecule has 1 fully saturated rings. The average molecular weight is 202 g/mol. The van der Waals surface area contributed by atoms with Crippen LogP contribution in [0, 0.1) is 0 Å². The quantitative estimate of drug-likeness (QED) is 0.494. The normalized spacial score (nSPS) is 26.8. The Morgan fingerprint density at radius 3 is 2.92 bits per heavy atom. The lowest BCUT2D eigenvalue weighted by atomic mass is 10.2. The molecule has 0 aromatic rings. The van der Waals surface area contributed by atoms with E-state index in [2.05, 4.69) is 10.6 Å². The molecular formula is C8H14N2O2S. The number of rotatable bonds is 2. The van der Waals surface area contributed by atoms with Gasteiger partial charge in [0.25, 0.3) is 0 Å². The third-order valence-corrected chi connectivity index (χ3v) is 2.07. The van der Waals surface area contributed by atoms with Crippen LogP contribution in [-0.2, 0) is 9.53 Å². The molecule has 2 N–H and O–H groups in total. The van der Waals surface area contributed by atoms with E-state index in [4.69, 9.17) is 17.0 Å². The lowest BCUT2D eigenvalue weighted by molar-refractivity contribution is -0.142. The lowest BCUT2D eigenvalue weighted by Gasteiger charge is -2.11. The fourth-order valence-electron chi connectivity index (χ4n) is 1.24. The van der Waals surface area contributed by atoms with Crippen LogP contribution >= 0.6 is 12.2 Å². The smallest absolute Gasteiger partial charge is 0.329 e. The molecule has 1 rings (SSSR count). The molecule has 0 unspecified atom stereocenters. The molecule has 74 valence electrons. The molecule has 0 bridgehead atoms. The third kappa shape index (κ3) is 2.84. The summed E-state index contributed by atoms with van der Waals surface area (Å²) in [4.78, 5) is 11.2. The first-order valence-corrected chi connectivity index (χ1v) is 4.79. The minimum atomic E-state index is -0.276. The van der Waals surface area contributed by atoms with Gasteiger partial charge < -0.3 is 15.4 Å². The van der Waals surface area contributed by atoms with Crippen LogP contribution in [0.3, 0.4) is 0 Å². The van der Waals surface area contributed by atoms with E-state index in [0.29, 0.717) is 11.5 Å². The Hall–Kier alpha value is -0.840. The zero-order valence-electron chi connectivity index (χ0n) is 7.79. The van der Waals surface area contributed by atoms with Gasteiger partial charge in [0, 0.05) is 13.0 Å². The summed E-state index contributed by atoms with van der Waals surface area (Å²) in [6, 6.07) is -0.276. The van der Waals surface area contributed by atoms with Crippen LogP contribution in [0.25, 0.3) is 0 Å². The van der Waals surface area contributed by atoms with Crippen LogP contribution in [0.2, 0.25) is 0 Å². The molecule has 2 atom stereocenters. The highest BCUT2D eigenvalue weighted by Gasteiger charge is 2.31. The fourth-order valence-corrected chi connectivity index (χ4v) is 1.53. The van der Waals surface area contributed by atoms with Crippen LogP contribution in [-0.4, -0.2) is 29.8 Å². The molecule has 0 saturated carbocycles. The van der Waals surface area contributed by atoms with Gasteiger partial charge >= 0.3 is 5.97 Å². The molecule has 1 aliphatic rings. The molecule has 0 radical (unpaired) electrons. The molecule has 13 heavy (non-hydrogen) atoms. The highest BCUT2D eigenvalue weighted by molar-refractivity contribution is 7.80. The van der Waals surface area contributed by atoms with Crippen molar-refractivity contribution in [2.75, 3.05) is 6.54 Å². The average Bonchev–Trinajstić information content (AvgIpc) is 2.30. The van der Waals surface area contributed by atoms with Crippen molar-refractivity contribution in [1.29, 1.82) is 0 Å². The minimum absolute atomic E-state index is 0.00516. The van der Waals surface area contributed by atoms with Gasteiger partial charge in [0.1, 0.15) is 12.1 Å². The fraction of sp³-hybridized carbons (Fsp3) is 0.750. The van der Waals surface area contributed by atoms with Gasteiger partial charge in [0.2, 0.25) is 0 Å². The number of carbonyl (C=O) groups excluding carboxylic acids is 1. The zero-order valence-corrected chi connectivity index (χ0v) is 8.61. The van der Waals surface area contributed by atoms with Crippen molar-refractivity contribution in [1.82, 2.24) is 10.6 Å². The summed E-state index contributed by atoms with van der Waals surface area (Å²) in [6.07, 6.45) is 0.680. The van der Waals surface area contributed by atoms with E-state index in [1.54, 1.807) is 0 Å². The van der Waals surface area contributed by atoms with Gasteiger partial charge in [-0.05, 0) is 26.1 Å². The van der Waals surface area contributed by atoms with Crippen molar-refractivity contribution in [3.8, 4) is 0 Å². The number of esters is 1. The van der Waals surface area contributed by atoms with E-state index < -0.39 is 0 Å². The summed E-state index contributed by atoms with van der Waals surface area (Å²) in [6.45, 7) is 4.57. The molecule has 1 aliphatic heterocycles. The van der Waals surface area contributed by atoms with E-state index in [1.165, 1.54) is 0 Å². The summed E-state index contributed by atoms with van der Waals surface area (Å²) in [7, 11) is 0. The Morgan fingerprint density at radius 2 is 2.46 bits per heavy atom. The molecule has 0 aromatic carbocycles. The van der Waals surface area contributed by atoms with Gasteiger partial charge in [0.15, 0.2) is 5.11 Å². The standard InChI is InChI=1S/C8H14N2O2S/c1-3-9-8(13)10-6-4-5(2)12-7(6)11/h5-6H,3-4H2,1-2H3,(H2,9,10,13)/t5-,6-/m1/s1. The first kappa shape index (κ1) is 10.2. The first-order valence-electron chi connectivity index (χ1n) is 4.38. The summed E-state index contributed by atoms with van der Waals surface area (Å²) in [5.74, 6) is -0.215. The monoisotopic (exact) mass is 202 g/mol. The van der Waals surface area contributed by atoms with E-state index in [0.717, 1.165) is 6.54 Å². The lowest BCUT2D eigenvalue weighted by Crippen LogP contribution is -2.43. The first-order chi connectivity index (χ1) is 6.13. The maximum absolute atomic E-state index is 11.2. The van der Waals surface area contributed by atoms with Crippen LogP contribution in [0.4, 0.5) is 0 Å². The van der Waals surface area contributed by atoms with Gasteiger partial charge in [-0.2, -0.15) is 0 Å². The highest BCUT2D eigenvalue weighted by atomic mass is 32.1. The van der Waals surface area contributed by atoms with Crippen LogP contribution in [0.15, 0.2) is 0 Å². The second-order valence-corrected chi connectivity index (χ2v) is 3.45. The van der Waals surface area contributed by atoms with Crippen LogP contribution in [0.5, 0.6) is 0 Å². The molecule has 4 nitrogen and oxygen atoms in total. The number of nitrogens with one attached hydrogen (secondary N) is 2. The molecule has 1 saturated heterocycles. The number of cyclic esters (lactones) is 1. The molecule has 0 amide bonds. The van der Waals surface area contributed by atoms with Crippen molar-refractivity contribution in [3.05, 3.63) is 0 Å². The van der Waals surface area contributed by atoms with Crippen molar-refractivity contribution in [3.63, 3.8) is 0 Å². The second kappa shape index (κ2) is 4.41. The molecule has 0 aromatic heterocycles. The molecule has 1 heterocycles. The maximum Gasteiger partial charge on any atom is 0.329 e. The number of hydrogen-bond donors (Lipinski definition) is 2. The number of thiocarbonyl (C=S) groups is 1. The Bertz CT molecular complexity index is 220. The Labute approximate surface area is 83.0 Å². The minimum Gasteiger partial charge on any atom is -0.461 e. The van der Waals surface area contributed by atoms with Gasteiger partial charge in [-0.15, -0.1) is 0 Å². The number of hydrogen-bond acceptors (Lipinski definition) is 3. The molecular weight excluding hydrogens is 188 g/mol. The molecule has 0 aliphatic carbocycles. The summed E-state index contributed by atoms with van der Waals surface area (Å²) < 4.78 is 4.96. The van der Waals surface area contributed by atoms with Crippen molar-refractivity contribution < 1.29 is 9.53 Å². The third-order valence-electron chi connectivity index (χ3n) is 1.81. The molecule has 0 spiro atoms. The largest absolute Gasteiger partial charge is 0.461 e. The predicted molar refractivity (Wildman–Crippen MR) is 53.4 cm³/mol. The van der Waals surface area contributed by atoms with E-state index in [-0.39, 0.29) is 18.1 Å². The highest BCUT2D eigenvalue weighted by Crippen LogP contribution is 2.13.